The van der Waals surface area contributed by atoms with Gasteiger partial charge in [0, 0.05) is 30.9 Å². The number of anilines is 1. The maximum atomic E-state index is 12.8. The molecule has 0 amide bonds. The summed E-state index contributed by atoms with van der Waals surface area (Å²) < 4.78 is 7.98. The minimum absolute atomic E-state index is 0.170. The zero-order valence-corrected chi connectivity index (χ0v) is 18.4. The standard InChI is InChI=1S/C26H25N5O2/c1-2-3-14-30-15-13-19(16-30)31-17-22(23-24(31)26(32)29-28-25(23)27)18-9-11-21(12-10-18)33-20-7-5-4-6-8-20/h4-12,17,19H,13-16H2,1H3,(H2,27,28)(H,29,32)/t19-/m1/s1. The fourth-order valence-electron chi connectivity index (χ4n) is 4.44. The Labute approximate surface area is 191 Å². The van der Waals surface area contributed by atoms with Crippen molar-refractivity contribution in [1.29, 1.82) is 0 Å². The third-order valence-electron chi connectivity index (χ3n) is 6.05. The van der Waals surface area contributed by atoms with Gasteiger partial charge in [-0.05, 0) is 43.2 Å². The average Bonchev–Trinajstić information content (AvgIpc) is 3.47. The molecule has 3 N–H and O–H groups in total. The van der Waals surface area contributed by atoms with Gasteiger partial charge in [-0.3, -0.25) is 9.69 Å². The second kappa shape index (κ2) is 8.85. The van der Waals surface area contributed by atoms with E-state index in [1.807, 2.05) is 67.7 Å². The Bertz CT molecular complexity index is 1390. The van der Waals surface area contributed by atoms with Crippen LogP contribution in [0.25, 0.3) is 22.0 Å². The van der Waals surface area contributed by atoms with Gasteiger partial charge in [-0.15, -0.1) is 5.92 Å². The summed E-state index contributed by atoms with van der Waals surface area (Å²) in [5, 5.41) is 7.26. The normalized spacial score (nSPS) is 16.0. The van der Waals surface area contributed by atoms with Crippen molar-refractivity contribution >= 4 is 16.7 Å². The van der Waals surface area contributed by atoms with Crippen molar-refractivity contribution in [3.63, 3.8) is 0 Å². The monoisotopic (exact) mass is 439 g/mol. The predicted octanol–water partition coefficient (Wildman–Crippen LogP) is 4.04. The van der Waals surface area contributed by atoms with E-state index in [-0.39, 0.29) is 11.6 Å². The number of likely N-dealkylation sites (tertiary alicyclic amines) is 1. The molecule has 0 unspecified atom stereocenters. The third-order valence-corrected chi connectivity index (χ3v) is 6.05. The quantitative estimate of drug-likeness (QED) is 0.458. The molecule has 7 heteroatoms. The molecule has 0 bridgehead atoms. The molecular formula is C26H25N5O2. The van der Waals surface area contributed by atoms with Crippen LogP contribution < -0.4 is 16.0 Å². The number of aromatic amines is 1. The summed E-state index contributed by atoms with van der Waals surface area (Å²) in [5.74, 6) is 7.91. The first-order valence-electron chi connectivity index (χ1n) is 11.0. The summed E-state index contributed by atoms with van der Waals surface area (Å²) in [6.07, 6.45) is 2.98. The summed E-state index contributed by atoms with van der Waals surface area (Å²) in [4.78, 5) is 15.1. The van der Waals surface area contributed by atoms with Crippen LogP contribution in [0.3, 0.4) is 0 Å². The molecular weight excluding hydrogens is 414 g/mol. The molecule has 1 saturated heterocycles. The fourth-order valence-corrected chi connectivity index (χ4v) is 4.44. The lowest BCUT2D eigenvalue weighted by Gasteiger charge is -2.15. The smallest absolute Gasteiger partial charge is 0.288 e. The van der Waals surface area contributed by atoms with Gasteiger partial charge in [0.15, 0.2) is 5.82 Å². The number of fused-ring (bicyclic) bond motifs is 1. The Balaban J connectivity index is 1.52. The van der Waals surface area contributed by atoms with Crippen LogP contribution >= 0.6 is 0 Å². The van der Waals surface area contributed by atoms with Gasteiger partial charge in [0.25, 0.3) is 5.56 Å². The summed E-state index contributed by atoms with van der Waals surface area (Å²) in [5.41, 5.74) is 8.42. The lowest BCUT2D eigenvalue weighted by molar-refractivity contribution is 0.364. The molecule has 1 aliphatic heterocycles. The molecule has 2 aromatic heterocycles. The van der Waals surface area contributed by atoms with E-state index in [4.69, 9.17) is 10.5 Å². The molecule has 0 saturated carbocycles. The van der Waals surface area contributed by atoms with Crippen molar-refractivity contribution in [3.05, 3.63) is 71.1 Å². The zero-order valence-electron chi connectivity index (χ0n) is 18.4. The first kappa shape index (κ1) is 20.9. The Hall–Kier alpha value is -4.02. The Kier molecular flexibility index (Phi) is 5.59. The molecule has 33 heavy (non-hydrogen) atoms. The van der Waals surface area contributed by atoms with E-state index in [1.54, 1.807) is 0 Å². The van der Waals surface area contributed by atoms with Crippen LogP contribution in [0.4, 0.5) is 5.82 Å². The number of nitrogens with one attached hydrogen (secondary N) is 1. The lowest BCUT2D eigenvalue weighted by atomic mass is 10.1. The summed E-state index contributed by atoms with van der Waals surface area (Å²) >= 11 is 0. The van der Waals surface area contributed by atoms with Crippen LogP contribution in [0.2, 0.25) is 0 Å². The first-order valence-corrected chi connectivity index (χ1v) is 11.0. The number of aromatic nitrogens is 3. The number of H-pyrrole nitrogens is 1. The second-order valence-electron chi connectivity index (χ2n) is 8.16. The van der Waals surface area contributed by atoms with Gasteiger partial charge in [-0.1, -0.05) is 36.3 Å². The minimum atomic E-state index is -0.235. The van der Waals surface area contributed by atoms with Crippen molar-refractivity contribution in [2.24, 2.45) is 0 Å². The number of nitrogens with zero attached hydrogens (tertiary/aromatic N) is 3. The molecule has 5 rings (SSSR count). The lowest BCUT2D eigenvalue weighted by Crippen LogP contribution is -2.23. The molecule has 0 radical (unpaired) electrons. The molecule has 2 aromatic carbocycles. The molecule has 7 nitrogen and oxygen atoms in total. The Morgan fingerprint density at radius 2 is 1.91 bits per heavy atom. The number of nitrogens with two attached hydrogens (primary N) is 1. The van der Waals surface area contributed by atoms with Crippen LogP contribution in [0.1, 0.15) is 19.4 Å². The third kappa shape index (κ3) is 4.09. The predicted molar refractivity (Wildman–Crippen MR) is 130 cm³/mol. The van der Waals surface area contributed by atoms with Crippen molar-refractivity contribution in [2.75, 3.05) is 25.4 Å². The number of ether oxygens (including phenoxy) is 1. The highest BCUT2D eigenvalue weighted by Gasteiger charge is 2.27. The number of hydrogen-bond donors (Lipinski definition) is 2. The SMILES string of the molecule is CC#CCN1CC[C@@H](n2cc(-c3ccc(Oc4ccccc4)cc3)c3c(N)n[nH]c(=O)c32)C1. The molecule has 0 aliphatic carbocycles. The molecule has 0 spiro atoms. The van der Waals surface area contributed by atoms with Gasteiger partial charge in [-0.2, -0.15) is 5.10 Å². The van der Waals surface area contributed by atoms with Crippen LogP contribution in [0.5, 0.6) is 11.5 Å². The van der Waals surface area contributed by atoms with Crippen LogP contribution in [-0.2, 0) is 0 Å². The zero-order chi connectivity index (χ0) is 22.8. The maximum Gasteiger partial charge on any atom is 0.288 e. The van der Waals surface area contributed by atoms with Crippen molar-refractivity contribution in [1.82, 2.24) is 19.7 Å². The highest BCUT2D eigenvalue weighted by molar-refractivity contribution is 6.02. The van der Waals surface area contributed by atoms with Gasteiger partial charge in [-0.25, -0.2) is 5.10 Å². The first-order chi connectivity index (χ1) is 16.1. The molecule has 1 aliphatic rings. The molecule has 166 valence electrons. The van der Waals surface area contributed by atoms with E-state index in [0.29, 0.717) is 16.7 Å². The van der Waals surface area contributed by atoms with Crippen molar-refractivity contribution < 1.29 is 4.74 Å². The fraction of sp³-hybridized carbons (Fsp3) is 0.231. The van der Waals surface area contributed by atoms with Gasteiger partial charge < -0.3 is 15.0 Å². The average molecular weight is 440 g/mol. The number of rotatable bonds is 5. The molecule has 1 fully saturated rings. The largest absolute Gasteiger partial charge is 0.457 e. The number of para-hydroxylation sites is 1. The van der Waals surface area contributed by atoms with Gasteiger partial charge in [0.1, 0.15) is 17.0 Å². The van der Waals surface area contributed by atoms with Crippen LogP contribution in [0.15, 0.2) is 65.6 Å². The van der Waals surface area contributed by atoms with Crippen LogP contribution in [-0.4, -0.2) is 39.3 Å². The molecule has 1 atom stereocenters. The van der Waals surface area contributed by atoms with Gasteiger partial charge >= 0.3 is 0 Å². The summed E-state index contributed by atoms with van der Waals surface area (Å²) in [7, 11) is 0. The van der Waals surface area contributed by atoms with Crippen molar-refractivity contribution in [2.45, 2.75) is 19.4 Å². The van der Waals surface area contributed by atoms with E-state index >= 15 is 0 Å². The minimum Gasteiger partial charge on any atom is -0.457 e. The number of benzene rings is 2. The second-order valence-corrected chi connectivity index (χ2v) is 8.16. The van der Waals surface area contributed by atoms with E-state index in [9.17, 15) is 4.79 Å². The van der Waals surface area contributed by atoms with Crippen LogP contribution in [0, 0.1) is 11.8 Å². The molecule has 3 heterocycles. The maximum absolute atomic E-state index is 12.8. The Morgan fingerprint density at radius 3 is 2.67 bits per heavy atom. The topological polar surface area (TPSA) is 89.2 Å². The number of nitrogen functional groups attached to an aromatic ring is 1. The van der Waals surface area contributed by atoms with E-state index in [2.05, 4.69) is 31.5 Å². The van der Waals surface area contributed by atoms with Gasteiger partial charge in [0.2, 0.25) is 0 Å². The Morgan fingerprint density at radius 1 is 1.15 bits per heavy atom. The summed E-state index contributed by atoms with van der Waals surface area (Å²) in [6.45, 7) is 4.37. The number of hydrogen-bond acceptors (Lipinski definition) is 5. The summed E-state index contributed by atoms with van der Waals surface area (Å²) in [6, 6.07) is 17.6. The van der Waals surface area contributed by atoms with E-state index in [1.165, 1.54) is 0 Å². The highest BCUT2D eigenvalue weighted by Crippen LogP contribution is 2.36. The van der Waals surface area contributed by atoms with E-state index in [0.717, 1.165) is 48.7 Å². The van der Waals surface area contributed by atoms with Gasteiger partial charge in [0.05, 0.1) is 11.9 Å². The molecule has 4 aromatic rings. The van der Waals surface area contributed by atoms with Crippen molar-refractivity contribution in [3.8, 4) is 34.5 Å². The van der Waals surface area contributed by atoms with E-state index < -0.39 is 0 Å². The highest BCUT2D eigenvalue weighted by atomic mass is 16.5.